The number of urea groups is 1. The maximum Gasteiger partial charge on any atom is 0.322 e. The molecule has 0 saturated carbocycles. The van der Waals surface area contributed by atoms with E-state index in [1.54, 1.807) is 0 Å². The van der Waals surface area contributed by atoms with Gasteiger partial charge in [0.2, 0.25) is 0 Å². The highest BCUT2D eigenvalue weighted by Gasteiger charge is 2.33. The molecule has 0 atom stereocenters. The predicted octanol–water partition coefficient (Wildman–Crippen LogP) is 1.78. The molecule has 0 bridgehead atoms. The zero-order valence-electron chi connectivity index (χ0n) is 10.6. The van der Waals surface area contributed by atoms with Crippen LogP contribution in [0.4, 0.5) is 4.79 Å². The van der Waals surface area contributed by atoms with Gasteiger partial charge in [0.25, 0.3) is 0 Å². The molecule has 1 rings (SSSR count). The number of amides is 2. The molecule has 1 saturated heterocycles. The Balaban J connectivity index is 2.77. The summed E-state index contributed by atoms with van der Waals surface area (Å²) >= 11 is 0. The highest BCUT2D eigenvalue weighted by Crippen LogP contribution is 2.19. The number of carbonyl (C=O) groups is 1. The largest absolute Gasteiger partial charge is 0.322 e. The Morgan fingerprint density at radius 2 is 1.47 bits per heavy atom. The summed E-state index contributed by atoms with van der Waals surface area (Å²) in [6, 6.07) is 0.167. The number of nitrogens with zero attached hydrogens (tertiary/aromatic N) is 3. The molecule has 0 spiro atoms. The minimum Gasteiger partial charge on any atom is -0.312 e. The molecule has 88 valence electrons. The van der Waals surface area contributed by atoms with Gasteiger partial charge in [0, 0.05) is 18.6 Å². The quantitative estimate of drug-likeness (QED) is 0.699. The standard InChI is InChI=1S/C11H23N3O/c1-6-12-8-14(11(3,4)5)9-13(7-2)10(12)15/h6-9H2,1-5H3. The van der Waals surface area contributed by atoms with Crippen LogP contribution >= 0.6 is 0 Å². The second kappa shape index (κ2) is 4.39. The molecule has 0 unspecified atom stereocenters. The summed E-state index contributed by atoms with van der Waals surface area (Å²) in [5.41, 5.74) is 0.113. The lowest BCUT2D eigenvalue weighted by Gasteiger charge is -2.47. The SMILES string of the molecule is CCN1CN(C(C)(C)C)CN(CC)C1=O. The van der Waals surface area contributed by atoms with Crippen LogP contribution in [-0.2, 0) is 0 Å². The van der Waals surface area contributed by atoms with Crippen LogP contribution in [0, 0.1) is 0 Å². The van der Waals surface area contributed by atoms with Crippen LogP contribution in [0.15, 0.2) is 0 Å². The number of carbonyl (C=O) groups excluding carboxylic acids is 1. The Bertz CT molecular complexity index is 218. The van der Waals surface area contributed by atoms with Crippen LogP contribution in [0.5, 0.6) is 0 Å². The molecular formula is C11H23N3O. The van der Waals surface area contributed by atoms with E-state index in [1.165, 1.54) is 0 Å². The lowest BCUT2D eigenvalue weighted by Crippen LogP contribution is -2.62. The van der Waals surface area contributed by atoms with Gasteiger partial charge in [-0.15, -0.1) is 0 Å². The first-order chi connectivity index (χ1) is 6.90. The fourth-order valence-electron chi connectivity index (χ4n) is 1.67. The van der Waals surface area contributed by atoms with Crippen molar-refractivity contribution in [1.29, 1.82) is 0 Å². The fourth-order valence-corrected chi connectivity index (χ4v) is 1.67. The summed E-state index contributed by atoms with van der Waals surface area (Å²) in [7, 11) is 0. The lowest BCUT2D eigenvalue weighted by molar-refractivity contribution is -0.0117. The zero-order valence-corrected chi connectivity index (χ0v) is 10.6. The fraction of sp³-hybridized carbons (Fsp3) is 0.909. The highest BCUT2D eigenvalue weighted by atomic mass is 16.2. The van der Waals surface area contributed by atoms with Crippen molar-refractivity contribution in [1.82, 2.24) is 14.7 Å². The molecule has 1 aliphatic rings. The Morgan fingerprint density at radius 3 is 1.73 bits per heavy atom. The van der Waals surface area contributed by atoms with Crippen molar-refractivity contribution in [3.05, 3.63) is 0 Å². The maximum atomic E-state index is 11.9. The Morgan fingerprint density at radius 1 is 1.07 bits per heavy atom. The topological polar surface area (TPSA) is 26.8 Å². The van der Waals surface area contributed by atoms with E-state index in [1.807, 2.05) is 23.6 Å². The van der Waals surface area contributed by atoms with Crippen molar-refractivity contribution >= 4 is 6.03 Å². The van der Waals surface area contributed by atoms with Gasteiger partial charge in [-0.05, 0) is 34.6 Å². The van der Waals surface area contributed by atoms with Gasteiger partial charge in [0.05, 0.1) is 13.3 Å². The van der Waals surface area contributed by atoms with E-state index in [-0.39, 0.29) is 11.6 Å². The number of hydrogen-bond donors (Lipinski definition) is 0. The third-order valence-electron chi connectivity index (χ3n) is 2.94. The van der Waals surface area contributed by atoms with Crippen LogP contribution < -0.4 is 0 Å². The van der Waals surface area contributed by atoms with Gasteiger partial charge in [0.1, 0.15) is 0 Å². The number of hydrogen-bond acceptors (Lipinski definition) is 2. The van der Waals surface area contributed by atoms with Crippen molar-refractivity contribution in [2.75, 3.05) is 26.4 Å². The first kappa shape index (κ1) is 12.3. The van der Waals surface area contributed by atoms with E-state index in [4.69, 9.17) is 0 Å². The first-order valence-corrected chi connectivity index (χ1v) is 5.69. The smallest absolute Gasteiger partial charge is 0.312 e. The van der Waals surface area contributed by atoms with E-state index in [0.717, 1.165) is 26.4 Å². The summed E-state index contributed by atoms with van der Waals surface area (Å²) in [5, 5.41) is 0. The van der Waals surface area contributed by atoms with Crippen molar-refractivity contribution in [2.45, 2.75) is 40.2 Å². The van der Waals surface area contributed by atoms with Crippen molar-refractivity contribution in [3.63, 3.8) is 0 Å². The monoisotopic (exact) mass is 213 g/mol. The average Bonchev–Trinajstić information content (AvgIpc) is 2.16. The van der Waals surface area contributed by atoms with Gasteiger partial charge in [0.15, 0.2) is 0 Å². The molecular weight excluding hydrogens is 190 g/mol. The van der Waals surface area contributed by atoms with Gasteiger partial charge < -0.3 is 9.80 Å². The summed E-state index contributed by atoms with van der Waals surface area (Å²) in [6.45, 7) is 13.7. The molecule has 0 aromatic carbocycles. The van der Waals surface area contributed by atoms with E-state index < -0.39 is 0 Å². The second-order valence-electron chi connectivity index (χ2n) is 4.99. The van der Waals surface area contributed by atoms with Gasteiger partial charge >= 0.3 is 6.03 Å². The van der Waals surface area contributed by atoms with Gasteiger partial charge in [-0.25, -0.2) is 4.79 Å². The van der Waals surface area contributed by atoms with E-state index in [0.29, 0.717) is 0 Å². The van der Waals surface area contributed by atoms with E-state index in [2.05, 4.69) is 25.7 Å². The minimum absolute atomic E-state index is 0.113. The van der Waals surface area contributed by atoms with Crippen molar-refractivity contribution < 1.29 is 4.79 Å². The third-order valence-corrected chi connectivity index (χ3v) is 2.94. The average molecular weight is 213 g/mol. The Labute approximate surface area is 92.8 Å². The number of rotatable bonds is 2. The van der Waals surface area contributed by atoms with Crippen LogP contribution in [0.25, 0.3) is 0 Å². The molecule has 0 N–H and O–H groups in total. The molecule has 0 radical (unpaired) electrons. The van der Waals surface area contributed by atoms with Crippen molar-refractivity contribution in [3.8, 4) is 0 Å². The first-order valence-electron chi connectivity index (χ1n) is 5.69. The highest BCUT2D eigenvalue weighted by molar-refractivity contribution is 5.74. The van der Waals surface area contributed by atoms with Crippen LogP contribution in [0.3, 0.4) is 0 Å². The molecule has 2 amide bonds. The molecule has 1 aliphatic heterocycles. The van der Waals surface area contributed by atoms with Gasteiger partial charge in [-0.2, -0.15) is 0 Å². The summed E-state index contributed by atoms with van der Waals surface area (Å²) in [4.78, 5) is 18.0. The Hall–Kier alpha value is -0.770. The lowest BCUT2D eigenvalue weighted by atomic mass is 10.1. The van der Waals surface area contributed by atoms with Gasteiger partial charge in [-0.1, -0.05) is 0 Å². The van der Waals surface area contributed by atoms with Gasteiger partial charge in [-0.3, -0.25) is 4.90 Å². The zero-order chi connectivity index (χ0) is 11.6. The van der Waals surface area contributed by atoms with Crippen molar-refractivity contribution in [2.24, 2.45) is 0 Å². The molecule has 1 heterocycles. The minimum atomic E-state index is 0.113. The van der Waals surface area contributed by atoms with Crippen LogP contribution in [0.1, 0.15) is 34.6 Å². The summed E-state index contributed by atoms with van der Waals surface area (Å²) in [6.07, 6.45) is 0. The Kier molecular flexibility index (Phi) is 3.60. The van der Waals surface area contributed by atoms with E-state index in [9.17, 15) is 4.79 Å². The molecule has 0 aromatic heterocycles. The summed E-state index contributed by atoms with van der Waals surface area (Å²) in [5.74, 6) is 0. The van der Waals surface area contributed by atoms with Crippen LogP contribution in [0.2, 0.25) is 0 Å². The molecule has 4 heteroatoms. The molecule has 1 fully saturated rings. The molecule has 15 heavy (non-hydrogen) atoms. The second-order valence-corrected chi connectivity index (χ2v) is 4.99. The predicted molar refractivity (Wildman–Crippen MR) is 61.5 cm³/mol. The molecule has 0 aromatic rings. The maximum absolute atomic E-state index is 11.9. The normalized spacial score (nSPS) is 19.9. The van der Waals surface area contributed by atoms with E-state index >= 15 is 0 Å². The van der Waals surface area contributed by atoms with Crippen LogP contribution in [-0.4, -0.2) is 52.7 Å². The summed E-state index contributed by atoms with van der Waals surface area (Å²) < 4.78 is 0. The molecule has 0 aliphatic carbocycles. The third kappa shape index (κ3) is 2.62. The molecule has 4 nitrogen and oxygen atoms in total.